The molecule has 0 unspecified atom stereocenters. The van der Waals surface area contributed by atoms with Crippen LogP contribution in [0.5, 0.6) is 0 Å². The summed E-state index contributed by atoms with van der Waals surface area (Å²) >= 11 is 1.72. The van der Waals surface area contributed by atoms with Gasteiger partial charge in [0.05, 0.1) is 6.54 Å². The third-order valence-corrected chi connectivity index (χ3v) is 3.74. The lowest BCUT2D eigenvalue weighted by Gasteiger charge is -2.09. The molecule has 0 fully saturated rings. The molecule has 3 rings (SSSR count). The minimum absolute atomic E-state index is 0.720. The first-order valence-corrected chi connectivity index (χ1v) is 7.14. The van der Waals surface area contributed by atoms with E-state index in [2.05, 4.69) is 26.7 Å². The predicted octanol–water partition coefficient (Wildman–Crippen LogP) is 3.40. The molecule has 0 spiro atoms. The summed E-state index contributed by atoms with van der Waals surface area (Å²) in [5, 5.41) is 5.39. The lowest BCUT2D eigenvalue weighted by atomic mass is 10.1. The van der Waals surface area contributed by atoms with Gasteiger partial charge < -0.3 is 11.1 Å². The molecular weight excluding hydrogens is 268 g/mol. The Kier molecular flexibility index (Phi) is 3.60. The average molecular weight is 282 g/mol. The van der Waals surface area contributed by atoms with Gasteiger partial charge in [-0.3, -0.25) is 4.98 Å². The van der Waals surface area contributed by atoms with Crippen LogP contribution in [0, 0.1) is 0 Å². The second kappa shape index (κ2) is 5.71. The normalized spacial score (nSPS) is 10.4. The number of nitrogens with zero attached hydrogens (tertiary/aromatic N) is 2. The quantitative estimate of drug-likeness (QED) is 0.720. The maximum Gasteiger partial charge on any atom is 0.152 e. The molecule has 0 aliphatic heterocycles. The number of benzene rings is 1. The monoisotopic (exact) mass is 282 g/mol. The fourth-order valence-electron chi connectivity index (χ4n) is 1.95. The number of thiophene rings is 1. The maximum atomic E-state index is 5.83. The van der Waals surface area contributed by atoms with Gasteiger partial charge in [0.1, 0.15) is 5.69 Å². The van der Waals surface area contributed by atoms with Crippen LogP contribution < -0.4 is 11.1 Å². The number of aromatic nitrogens is 2. The van der Waals surface area contributed by atoms with Crippen molar-refractivity contribution in [3.63, 3.8) is 0 Å². The van der Waals surface area contributed by atoms with E-state index in [9.17, 15) is 0 Å². The minimum atomic E-state index is 0.720. The summed E-state index contributed by atoms with van der Waals surface area (Å²) in [6, 6.07) is 11.8. The molecular formula is C15H14N4S. The molecule has 0 saturated carbocycles. The number of hydrogen-bond acceptors (Lipinski definition) is 5. The fourth-order valence-corrected chi connectivity index (χ4v) is 2.59. The first-order valence-electron chi connectivity index (χ1n) is 6.26. The maximum absolute atomic E-state index is 5.83. The highest BCUT2D eigenvalue weighted by Gasteiger charge is 2.08. The molecule has 3 N–H and O–H groups in total. The predicted molar refractivity (Wildman–Crippen MR) is 83.5 cm³/mol. The first kappa shape index (κ1) is 12.6. The Morgan fingerprint density at radius 1 is 1.10 bits per heavy atom. The van der Waals surface area contributed by atoms with Crippen LogP contribution in [0.4, 0.5) is 11.5 Å². The minimum Gasteiger partial charge on any atom is -0.399 e. The third kappa shape index (κ3) is 2.78. The summed E-state index contributed by atoms with van der Waals surface area (Å²) in [4.78, 5) is 10.0. The Hall–Kier alpha value is -2.40. The van der Waals surface area contributed by atoms with Crippen molar-refractivity contribution in [1.82, 2.24) is 9.97 Å². The number of hydrogen-bond donors (Lipinski definition) is 2. The van der Waals surface area contributed by atoms with Crippen LogP contribution in [0.3, 0.4) is 0 Å². The van der Waals surface area contributed by atoms with E-state index in [-0.39, 0.29) is 0 Å². The molecule has 3 aromatic rings. The van der Waals surface area contributed by atoms with E-state index in [1.807, 2.05) is 30.3 Å². The molecule has 0 aliphatic rings. The van der Waals surface area contributed by atoms with Gasteiger partial charge in [-0.2, -0.15) is 0 Å². The van der Waals surface area contributed by atoms with Crippen LogP contribution in [-0.4, -0.2) is 9.97 Å². The topological polar surface area (TPSA) is 63.8 Å². The van der Waals surface area contributed by atoms with Crippen LogP contribution in [0.1, 0.15) is 4.88 Å². The Morgan fingerprint density at radius 2 is 2.00 bits per heavy atom. The number of rotatable bonds is 4. The average Bonchev–Trinajstić information content (AvgIpc) is 2.99. The van der Waals surface area contributed by atoms with Gasteiger partial charge in [0.2, 0.25) is 0 Å². The van der Waals surface area contributed by atoms with Gasteiger partial charge in [0, 0.05) is 28.5 Å². The number of nitrogens with one attached hydrogen (secondary N) is 1. The molecule has 0 aliphatic carbocycles. The van der Waals surface area contributed by atoms with Crippen LogP contribution in [0.2, 0.25) is 0 Å². The van der Waals surface area contributed by atoms with E-state index in [1.54, 1.807) is 23.7 Å². The summed E-state index contributed by atoms with van der Waals surface area (Å²) in [6.07, 6.45) is 3.38. The van der Waals surface area contributed by atoms with Crippen molar-refractivity contribution in [2.45, 2.75) is 6.54 Å². The molecule has 1 aromatic carbocycles. The van der Waals surface area contributed by atoms with Crippen molar-refractivity contribution in [2.24, 2.45) is 0 Å². The largest absolute Gasteiger partial charge is 0.399 e. The van der Waals surface area contributed by atoms with Gasteiger partial charge in [0.25, 0.3) is 0 Å². The molecule has 20 heavy (non-hydrogen) atoms. The number of nitrogens with two attached hydrogens (primary N) is 1. The van der Waals surface area contributed by atoms with Crippen LogP contribution in [0.15, 0.2) is 54.2 Å². The van der Waals surface area contributed by atoms with Gasteiger partial charge in [0.15, 0.2) is 5.82 Å². The molecule has 0 saturated heterocycles. The zero-order valence-electron chi connectivity index (χ0n) is 10.8. The summed E-state index contributed by atoms with van der Waals surface area (Å²) in [6.45, 7) is 0.742. The lowest BCUT2D eigenvalue weighted by molar-refractivity contribution is 1.11. The zero-order chi connectivity index (χ0) is 13.8. The molecule has 2 aromatic heterocycles. The van der Waals surface area contributed by atoms with Crippen LogP contribution >= 0.6 is 11.3 Å². The van der Waals surface area contributed by atoms with Gasteiger partial charge >= 0.3 is 0 Å². The Balaban J connectivity index is 1.88. The summed E-state index contributed by atoms with van der Waals surface area (Å²) in [7, 11) is 0. The highest BCUT2D eigenvalue weighted by Crippen LogP contribution is 2.25. The molecule has 0 radical (unpaired) electrons. The smallest absolute Gasteiger partial charge is 0.152 e. The van der Waals surface area contributed by atoms with Crippen molar-refractivity contribution in [1.29, 1.82) is 0 Å². The Labute approximate surface area is 121 Å². The summed E-state index contributed by atoms with van der Waals surface area (Å²) in [5.41, 5.74) is 8.33. The van der Waals surface area contributed by atoms with E-state index in [0.717, 1.165) is 29.3 Å². The van der Waals surface area contributed by atoms with E-state index in [0.29, 0.717) is 0 Å². The van der Waals surface area contributed by atoms with Gasteiger partial charge in [-0.25, -0.2) is 4.98 Å². The van der Waals surface area contributed by atoms with E-state index in [4.69, 9.17) is 5.73 Å². The standard InChI is InChI=1S/C15H14N4S/c16-12-4-1-3-11(9-12)14-15(18-7-6-17-14)19-10-13-5-2-8-20-13/h1-9H,10,16H2,(H,18,19). The molecule has 2 heterocycles. The number of nitrogen functional groups attached to an aromatic ring is 1. The molecule has 0 amide bonds. The number of anilines is 2. The van der Waals surface area contributed by atoms with Crippen molar-refractivity contribution >= 4 is 22.8 Å². The van der Waals surface area contributed by atoms with Crippen molar-refractivity contribution < 1.29 is 0 Å². The Morgan fingerprint density at radius 3 is 2.80 bits per heavy atom. The second-order valence-corrected chi connectivity index (χ2v) is 5.34. The van der Waals surface area contributed by atoms with Crippen molar-refractivity contribution in [3.8, 4) is 11.3 Å². The van der Waals surface area contributed by atoms with Crippen molar-refractivity contribution in [3.05, 3.63) is 59.0 Å². The first-order chi connectivity index (χ1) is 9.83. The highest BCUT2D eigenvalue weighted by molar-refractivity contribution is 7.09. The molecule has 100 valence electrons. The molecule has 0 bridgehead atoms. The van der Waals surface area contributed by atoms with Gasteiger partial charge in [-0.1, -0.05) is 18.2 Å². The van der Waals surface area contributed by atoms with Crippen molar-refractivity contribution in [2.75, 3.05) is 11.1 Å². The van der Waals surface area contributed by atoms with E-state index in [1.165, 1.54) is 4.88 Å². The van der Waals surface area contributed by atoms with Gasteiger partial charge in [-0.05, 0) is 23.6 Å². The third-order valence-electron chi connectivity index (χ3n) is 2.87. The lowest BCUT2D eigenvalue weighted by Crippen LogP contribution is -2.03. The SMILES string of the molecule is Nc1cccc(-c2nccnc2NCc2cccs2)c1. The van der Waals surface area contributed by atoms with Gasteiger partial charge in [-0.15, -0.1) is 11.3 Å². The molecule has 0 atom stereocenters. The Bertz CT molecular complexity index is 695. The van der Waals surface area contributed by atoms with E-state index >= 15 is 0 Å². The van der Waals surface area contributed by atoms with Crippen LogP contribution in [-0.2, 0) is 6.54 Å². The molecule has 4 nitrogen and oxygen atoms in total. The summed E-state index contributed by atoms with van der Waals surface area (Å²) < 4.78 is 0. The van der Waals surface area contributed by atoms with E-state index < -0.39 is 0 Å². The zero-order valence-corrected chi connectivity index (χ0v) is 11.6. The fraction of sp³-hybridized carbons (Fsp3) is 0.0667. The summed E-state index contributed by atoms with van der Waals surface area (Å²) in [5.74, 6) is 0.770. The van der Waals surface area contributed by atoms with Crippen LogP contribution in [0.25, 0.3) is 11.3 Å². The highest BCUT2D eigenvalue weighted by atomic mass is 32.1. The molecule has 5 heteroatoms. The second-order valence-electron chi connectivity index (χ2n) is 4.31.